The van der Waals surface area contributed by atoms with Crippen molar-refractivity contribution in [3.8, 4) is 0 Å². The highest BCUT2D eigenvalue weighted by atomic mass is 35.5. The smallest absolute Gasteiger partial charge is 0.128 e. The van der Waals surface area contributed by atoms with Gasteiger partial charge in [0, 0.05) is 5.56 Å². The molecule has 0 fully saturated rings. The Labute approximate surface area is 80.2 Å². The van der Waals surface area contributed by atoms with Gasteiger partial charge in [-0.25, -0.2) is 13.2 Å². The summed E-state index contributed by atoms with van der Waals surface area (Å²) in [5.74, 6) is -1.29. The summed E-state index contributed by atoms with van der Waals surface area (Å²) in [6, 6.07) is 1.71. The summed E-state index contributed by atoms with van der Waals surface area (Å²) in [5, 5.41) is 0. The first-order valence-electron chi connectivity index (χ1n) is 3.41. The lowest BCUT2D eigenvalue weighted by atomic mass is 10.1. The van der Waals surface area contributed by atoms with Crippen molar-refractivity contribution < 1.29 is 13.2 Å². The Morgan fingerprint density at radius 2 is 1.92 bits per heavy atom. The minimum absolute atomic E-state index is 0. The first-order chi connectivity index (χ1) is 5.65. The molecule has 0 bridgehead atoms. The van der Waals surface area contributed by atoms with Crippen LogP contribution in [0.15, 0.2) is 18.2 Å². The zero-order chi connectivity index (χ0) is 9.14. The van der Waals surface area contributed by atoms with Crippen molar-refractivity contribution in [1.29, 1.82) is 0 Å². The van der Waals surface area contributed by atoms with Crippen molar-refractivity contribution in [3.05, 3.63) is 35.4 Å². The van der Waals surface area contributed by atoms with Crippen LogP contribution in [0.1, 0.15) is 11.6 Å². The molecule has 1 rings (SSSR count). The van der Waals surface area contributed by atoms with E-state index in [1.165, 1.54) is 0 Å². The molecule has 0 radical (unpaired) electrons. The molecule has 0 aromatic heterocycles. The number of nitrogens with two attached hydrogens (primary N) is 1. The number of halogens is 4. The van der Waals surface area contributed by atoms with Gasteiger partial charge >= 0.3 is 0 Å². The fraction of sp³-hybridized carbons (Fsp3) is 0.250. The van der Waals surface area contributed by atoms with E-state index in [1.54, 1.807) is 0 Å². The summed E-state index contributed by atoms with van der Waals surface area (Å²) >= 11 is 0. The van der Waals surface area contributed by atoms with Crippen LogP contribution in [0.25, 0.3) is 0 Å². The van der Waals surface area contributed by atoms with Crippen molar-refractivity contribution in [2.24, 2.45) is 5.73 Å². The van der Waals surface area contributed by atoms with Crippen LogP contribution in [0.3, 0.4) is 0 Å². The fourth-order valence-electron chi connectivity index (χ4n) is 0.882. The zero-order valence-corrected chi connectivity index (χ0v) is 7.45. The van der Waals surface area contributed by atoms with Crippen molar-refractivity contribution in [3.63, 3.8) is 0 Å². The molecule has 0 heterocycles. The van der Waals surface area contributed by atoms with E-state index < -0.39 is 24.4 Å². The Bertz CT molecular complexity index is 280. The highest BCUT2D eigenvalue weighted by molar-refractivity contribution is 5.85. The summed E-state index contributed by atoms with van der Waals surface area (Å²) in [5.41, 5.74) is 5.06. The van der Waals surface area contributed by atoms with Gasteiger partial charge in [-0.05, 0) is 18.2 Å². The SMILES string of the molecule is Cl.N[C@@H](CF)c1cc(F)ccc1F. The molecule has 2 N–H and O–H groups in total. The molecule has 0 unspecified atom stereocenters. The van der Waals surface area contributed by atoms with E-state index in [0.29, 0.717) is 0 Å². The highest BCUT2D eigenvalue weighted by Gasteiger charge is 2.11. The standard InChI is InChI=1S/C8H8F3N.ClH/c9-4-8(12)6-3-5(10)1-2-7(6)11;/h1-3,8H,4,12H2;1H/t8-;/m0./s1. The highest BCUT2D eigenvalue weighted by Crippen LogP contribution is 2.16. The molecule has 1 atom stereocenters. The summed E-state index contributed by atoms with van der Waals surface area (Å²) in [6.45, 7) is -0.902. The molecule has 5 heteroatoms. The molecule has 13 heavy (non-hydrogen) atoms. The second-order valence-corrected chi connectivity index (χ2v) is 2.43. The molecule has 0 amide bonds. The second-order valence-electron chi connectivity index (χ2n) is 2.43. The number of hydrogen-bond acceptors (Lipinski definition) is 1. The van der Waals surface area contributed by atoms with Gasteiger partial charge < -0.3 is 5.73 Å². The van der Waals surface area contributed by atoms with Crippen LogP contribution >= 0.6 is 12.4 Å². The van der Waals surface area contributed by atoms with Gasteiger partial charge in [0.2, 0.25) is 0 Å². The van der Waals surface area contributed by atoms with Crippen LogP contribution in [-0.2, 0) is 0 Å². The molecule has 74 valence electrons. The number of benzene rings is 1. The number of hydrogen-bond donors (Lipinski definition) is 1. The van der Waals surface area contributed by atoms with E-state index >= 15 is 0 Å². The van der Waals surface area contributed by atoms with Crippen LogP contribution in [0.4, 0.5) is 13.2 Å². The van der Waals surface area contributed by atoms with Crippen molar-refractivity contribution >= 4 is 12.4 Å². The summed E-state index contributed by atoms with van der Waals surface area (Å²) in [6.07, 6.45) is 0. The average molecular weight is 212 g/mol. The maximum absolute atomic E-state index is 12.8. The molecule has 0 saturated heterocycles. The van der Waals surface area contributed by atoms with E-state index in [9.17, 15) is 13.2 Å². The Balaban J connectivity index is 0.00000144. The first-order valence-corrected chi connectivity index (χ1v) is 3.41. The van der Waals surface area contributed by atoms with Gasteiger partial charge in [0.15, 0.2) is 0 Å². The lowest BCUT2D eigenvalue weighted by molar-refractivity contribution is 0.425. The van der Waals surface area contributed by atoms with Gasteiger partial charge in [0.25, 0.3) is 0 Å². The van der Waals surface area contributed by atoms with Gasteiger partial charge in [-0.2, -0.15) is 0 Å². The minimum Gasteiger partial charge on any atom is -0.322 e. The largest absolute Gasteiger partial charge is 0.322 e. The normalized spacial score (nSPS) is 12.0. The molecule has 0 aliphatic rings. The molecular weight excluding hydrogens is 203 g/mol. The lowest BCUT2D eigenvalue weighted by Gasteiger charge is -2.07. The number of rotatable bonds is 2. The Morgan fingerprint density at radius 3 is 2.46 bits per heavy atom. The fourth-order valence-corrected chi connectivity index (χ4v) is 0.882. The van der Waals surface area contributed by atoms with Crippen molar-refractivity contribution in [2.45, 2.75) is 6.04 Å². The van der Waals surface area contributed by atoms with Gasteiger partial charge in [0.1, 0.15) is 18.3 Å². The Morgan fingerprint density at radius 1 is 1.31 bits per heavy atom. The van der Waals surface area contributed by atoms with Gasteiger partial charge in [-0.3, -0.25) is 0 Å². The van der Waals surface area contributed by atoms with E-state index in [1.807, 2.05) is 0 Å². The minimum atomic E-state index is -1.08. The van der Waals surface area contributed by atoms with E-state index in [-0.39, 0.29) is 18.0 Å². The molecular formula is C8H9ClF3N. The van der Waals surface area contributed by atoms with E-state index in [2.05, 4.69) is 0 Å². The van der Waals surface area contributed by atoms with Crippen LogP contribution in [0.2, 0.25) is 0 Å². The average Bonchev–Trinajstić information content (AvgIpc) is 2.08. The van der Waals surface area contributed by atoms with Crippen molar-refractivity contribution in [1.82, 2.24) is 0 Å². The summed E-state index contributed by atoms with van der Waals surface area (Å²) in [7, 11) is 0. The molecule has 0 aliphatic carbocycles. The number of alkyl halides is 1. The third-order valence-corrected chi connectivity index (χ3v) is 1.52. The zero-order valence-electron chi connectivity index (χ0n) is 6.64. The monoisotopic (exact) mass is 211 g/mol. The van der Waals surface area contributed by atoms with Gasteiger partial charge in [-0.1, -0.05) is 0 Å². The van der Waals surface area contributed by atoms with Crippen LogP contribution < -0.4 is 5.73 Å². The van der Waals surface area contributed by atoms with Crippen LogP contribution in [0.5, 0.6) is 0 Å². The maximum Gasteiger partial charge on any atom is 0.128 e. The molecule has 1 aromatic carbocycles. The molecule has 1 aromatic rings. The lowest BCUT2D eigenvalue weighted by Crippen LogP contribution is -2.14. The third-order valence-electron chi connectivity index (χ3n) is 1.52. The molecule has 0 aliphatic heterocycles. The quantitative estimate of drug-likeness (QED) is 0.799. The van der Waals surface area contributed by atoms with E-state index in [0.717, 1.165) is 18.2 Å². The summed E-state index contributed by atoms with van der Waals surface area (Å²) in [4.78, 5) is 0. The topological polar surface area (TPSA) is 26.0 Å². The molecule has 0 saturated carbocycles. The predicted molar refractivity (Wildman–Crippen MR) is 46.5 cm³/mol. The second kappa shape index (κ2) is 5.09. The molecule has 0 spiro atoms. The van der Waals surface area contributed by atoms with E-state index in [4.69, 9.17) is 5.73 Å². The Kier molecular flexibility index (Phi) is 4.80. The van der Waals surface area contributed by atoms with Gasteiger partial charge in [-0.15, -0.1) is 12.4 Å². The Hall–Kier alpha value is -0.740. The maximum atomic E-state index is 12.8. The first kappa shape index (κ1) is 12.3. The third kappa shape index (κ3) is 2.90. The van der Waals surface area contributed by atoms with Crippen molar-refractivity contribution in [2.75, 3.05) is 6.67 Å². The van der Waals surface area contributed by atoms with Crippen LogP contribution in [0, 0.1) is 11.6 Å². The predicted octanol–water partition coefficient (Wildman–Crippen LogP) is 2.36. The van der Waals surface area contributed by atoms with Gasteiger partial charge in [0.05, 0.1) is 6.04 Å². The summed E-state index contributed by atoms with van der Waals surface area (Å²) < 4.78 is 37.3. The molecule has 1 nitrogen and oxygen atoms in total. The van der Waals surface area contributed by atoms with Crippen LogP contribution in [-0.4, -0.2) is 6.67 Å².